The number of imidazole rings is 1. The van der Waals surface area contributed by atoms with Crippen molar-refractivity contribution in [1.82, 2.24) is 19.4 Å². The predicted molar refractivity (Wildman–Crippen MR) is 107 cm³/mol. The Labute approximate surface area is 166 Å². The normalized spacial score (nSPS) is 18.8. The van der Waals surface area contributed by atoms with Gasteiger partial charge < -0.3 is 14.4 Å². The van der Waals surface area contributed by atoms with E-state index in [9.17, 15) is 9.59 Å². The molecule has 2 aromatic rings. The Morgan fingerprint density at radius 3 is 2.93 bits per heavy atom. The number of nitrogens with zero attached hydrogens (tertiary/aromatic N) is 4. The standard InChI is InChI=1S/C22H28N4O2/c1-3-6-17-7-5-11-26(17)22(28)19-9-4-8-18-20(19)14-25(21(18)27)12-10-16-13-24(2)15-23-16/h4,8-9,13,15,17H,3,5-7,10-12,14H2,1-2H3/t17-/m1/s1. The van der Waals surface area contributed by atoms with Crippen LogP contribution in [0, 0.1) is 0 Å². The molecular formula is C22H28N4O2. The van der Waals surface area contributed by atoms with Gasteiger partial charge in [-0.3, -0.25) is 9.59 Å². The fourth-order valence-corrected chi connectivity index (χ4v) is 4.51. The van der Waals surface area contributed by atoms with Crippen molar-refractivity contribution in [2.45, 2.75) is 51.6 Å². The summed E-state index contributed by atoms with van der Waals surface area (Å²) in [5.41, 5.74) is 3.25. The molecule has 2 aliphatic heterocycles. The maximum Gasteiger partial charge on any atom is 0.254 e. The molecule has 2 amide bonds. The van der Waals surface area contributed by atoms with Crippen molar-refractivity contribution in [2.24, 2.45) is 7.05 Å². The largest absolute Gasteiger partial charge is 0.340 e. The van der Waals surface area contributed by atoms with Crippen LogP contribution in [0.3, 0.4) is 0 Å². The summed E-state index contributed by atoms with van der Waals surface area (Å²) >= 11 is 0. The molecule has 0 N–H and O–H groups in total. The molecule has 6 heteroatoms. The minimum atomic E-state index is 0.0205. The number of aromatic nitrogens is 2. The van der Waals surface area contributed by atoms with E-state index in [2.05, 4.69) is 11.9 Å². The van der Waals surface area contributed by atoms with E-state index < -0.39 is 0 Å². The van der Waals surface area contributed by atoms with E-state index in [1.54, 1.807) is 6.33 Å². The fraction of sp³-hybridized carbons (Fsp3) is 0.500. The van der Waals surface area contributed by atoms with Gasteiger partial charge in [0.05, 0.1) is 12.0 Å². The number of carbonyl (C=O) groups is 2. The van der Waals surface area contributed by atoms with Gasteiger partial charge in [0.1, 0.15) is 0 Å². The van der Waals surface area contributed by atoms with Crippen molar-refractivity contribution >= 4 is 11.8 Å². The minimum Gasteiger partial charge on any atom is -0.340 e. The van der Waals surface area contributed by atoms with Crippen molar-refractivity contribution in [1.29, 1.82) is 0 Å². The van der Waals surface area contributed by atoms with Crippen molar-refractivity contribution in [2.75, 3.05) is 13.1 Å². The third-order valence-electron chi connectivity index (χ3n) is 5.93. The summed E-state index contributed by atoms with van der Waals surface area (Å²) in [4.78, 5) is 34.3. The van der Waals surface area contributed by atoms with Gasteiger partial charge in [0, 0.05) is 56.5 Å². The van der Waals surface area contributed by atoms with E-state index in [4.69, 9.17) is 0 Å². The van der Waals surface area contributed by atoms with Gasteiger partial charge in [-0.15, -0.1) is 0 Å². The highest BCUT2D eigenvalue weighted by Crippen LogP contribution is 2.30. The average Bonchev–Trinajstić information content (AvgIpc) is 3.40. The Bertz CT molecular complexity index is 888. The molecule has 4 rings (SSSR count). The number of rotatable bonds is 6. The number of benzene rings is 1. The van der Waals surface area contributed by atoms with Crippen molar-refractivity contribution in [3.63, 3.8) is 0 Å². The summed E-state index contributed by atoms with van der Waals surface area (Å²) in [6, 6.07) is 5.92. The molecule has 1 aromatic heterocycles. The number of aryl methyl sites for hydroxylation is 1. The number of carbonyl (C=O) groups excluding carboxylic acids is 2. The van der Waals surface area contributed by atoms with Gasteiger partial charge in [0.15, 0.2) is 0 Å². The zero-order valence-electron chi connectivity index (χ0n) is 16.7. The second-order valence-electron chi connectivity index (χ2n) is 7.92. The van der Waals surface area contributed by atoms with Crippen molar-refractivity contribution < 1.29 is 9.59 Å². The second kappa shape index (κ2) is 7.78. The number of fused-ring (bicyclic) bond motifs is 1. The second-order valence-corrected chi connectivity index (χ2v) is 7.92. The first-order valence-corrected chi connectivity index (χ1v) is 10.3. The topological polar surface area (TPSA) is 58.4 Å². The van der Waals surface area contributed by atoms with E-state index >= 15 is 0 Å². The van der Waals surface area contributed by atoms with E-state index in [1.807, 2.05) is 45.8 Å². The first kappa shape index (κ1) is 18.7. The molecule has 1 aromatic carbocycles. The Morgan fingerprint density at radius 1 is 1.32 bits per heavy atom. The fourth-order valence-electron chi connectivity index (χ4n) is 4.51. The molecular weight excluding hydrogens is 352 g/mol. The van der Waals surface area contributed by atoms with Gasteiger partial charge in [-0.25, -0.2) is 4.98 Å². The molecule has 1 fully saturated rings. The molecule has 148 valence electrons. The Hall–Kier alpha value is -2.63. The van der Waals surface area contributed by atoms with Gasteiger partial charge in [0.25, 0.3) is 11.8 Å². The molecule has 6 nitrogen and oxygen atoms in total. The van der Waals surface area contributed by atoms with E-state index in [0.717, 1.165) is 43.5 Å². The molecule has 0 unspecified atom stereocenters. The highest BCUT2D eigenvalue weighted by molar-refractivity contribution is 6.04. The molecule has 3 heterocycles. The SMILES string of the molecule is CCC[C@@H]1CCCN1C(=O)c1cccc2c1CN(CCc1cn(C)cn1)C2=O. The molecule has 28 heavy (non-hydrogen) atoms. The van der Waals surface area contributed by atoms with E-state index in [1.165, 1.54) is 0 Å². The molecule has 0 spiro atoms. The third kappa shape index (κ3) is 3.43. The van der Waals surface area contributed by atoms with E-state index in [0.29, 0.717) is 36.7 Å². The Kier molecular flexibility index (Phi) is 5.20. The van der Waals surface area contributed by atoms with Crippen LogP contribution in [-0.2, 0) is 20.0 Å². The Morgan fingerprint density at radius 2 is 2.18 bits per heavy atom. The molecule has 2 aliphatic rings. The minimum absolute atomic E-state index is 0.0205. The maximum atomic E-state index is 13.3. The van der Waals surface area contributed by atoms with Crippen LogP contribution in [0.15, 0.2) is 30.7 Å². The lowest BCUT2D eigenvalue weighted by Gasteiger charge is -2.25. The quantitative estimate of drug-likeness (QED) is 0.774. The molecule has 0 radical (unpaired) electrons. The molecule has 1 atom stereocenters. The van der Waals surface area contributed by atoms with Crippen LogP contribution in [0.1, 0.15) is 64.6 Å². The van der Waals surface area contributed by atoms with Gasteiger partial charge in [-0.1, -0.05) is 19.4 Å². The van der Waals surface area contributed by atoms with Crippen LogP contribution >= 0.6 is 0 Å². The maximum absolute atomic E-state index is 13.3. The van der Waals surface area contributed by atoms with Crippen molar-refractivity contribution in [3.8, 4) is 0 Å². The Balaban J connectivity index is 1.51. The van der Waals surface area contributed by atoms with Gasteiger partial charge in [-0.2, -0.15) is 0 Å². The first-order valence-electron chi connectivity index (χ1n) is 10.3. The zero-order chi connectivity index (χ0) is 19.7. The van der Waals surface area contributed by atoms with Gasteiger partial charge >= 0.3 is 0 Å². The zero-order valence-corrected chi connectivity index (χ0v) is 16.7. The number of likely N-dealkylation sites (tertiary alicyclic amines) is 1. The highest BCUT2D eigenvalue weighted by atomic mass is 16.2. The highest BCUT2D eigenvalue weighted by Gasteiger charge is 2.34. The van der Waals surface area contributed by atoms with E-state index in [-0.39, 0.29) is 11.8 Å². The summed E-state index contributed by atoms with van der Waals surface area (Å²) in [7, 11) is 1.94. The monoisotopic (exact) mass is 380 g/mol. The molecule has 0 saturated carbocycles. The average molecular weight is 380 g/mol. The number of hydrogen-bond acceptors (Lipinski definition) is 3. The van der Waals surface area contributed by atoms with Crippen LogP contribution < -0.4 is 0 Å². The van der Waals surface area contributed by atoms with Crippen LogP contribution in [0.25, 0.3) is 0 Å². The van der Waals surface area contributed by atoms with Gasteiger partial charge in [0.2, 0.25) is 0 Å². The lowest BCUT2D eigenvalue weighted by molar-refractivity contribution is 0.0724. The van der Waals surface area contributed by atoms with Gasteiger partial charge in [-0.05, 0) is 37.0 Å². The lowest BCUT2D eigenvalue weighted by Crippen LogP contribution is -2.36. The number of amides is 2. The summed E-state index contributed by atoms with van der Waals surface area (Å²) in [6.07, 6.45) is 8.76. The van der Waals surface area contributed by atoms with Crippen LogP contribution in [0.5, 0.6) is 0 Å². The van der Waals surface area contributed by atoms with Crippen LogP contribution in [0.2, 0.25) is 0 Å². The van der Waals surface area contributed by atoms with Crippen molar-refractivity contribution in [3.05, 3.63) is 53.1 Å². The predicted octanol–water partition coefficient (Wildman–Crippen LogP) is 3.02. The first-order chi connectivity index (χ1) is 13.6. The summed E-state index contributed by atoms with van der Waals surface area (Å²) in [5.74, 6) is 0.110. The summed E-state index contributed by atoms with van der Waals surface area (Å²) in [6.45, 7) is 4.11. The lowest BCUT2D eigenvalue weighted by atomic mass is 10.0. The third-order valence-corrected chi connectivity index (χ3v) is 5.93. The smallest absolute Gasteiger partial charge is 0.254 e. The molecule has 1 saturated heterocycles. The summed E-state index contributed by atoms with van der Waals surface area (Å²) in [5, 5.41) is 0. The van der Waals surface area contributed by atoms with Crippen LogP contribution in [0.4, 0.5) is 0 Å². The molecule has 0 aliphatic carbocycles. The van der Waals surface area contributed by atoms with Crippen LogP contribution in [-0.4, -0.2) is 50.3 Å². The number of hydrogen-bond donors (Lipinski definition) is 0. The molecule has 0 bridgehead atoms. The summed E-state index contributed by atoms with van der Waals surface area (Å²) < 4.78 is 1.91.